The number of hydrogen-bond donors (Lipinski definition) is 3. The molecule has 9 atom stereocenters. The second-order valence-corrected chi connectivity index (χ2v) is 9.53. The molecule has 1 saturated carbocycles. The molecule has 2 heterocycles. The number of rotatable bonds is 0. The van der Waals surface area contributed by atoms with Crippen molar-refractivity contribution >= 4 is 11.7 Å². The average Bonchev–Trinajstić information content (AvgIpc) is 3.09. The molecule has 2 aliphatic heterocycles. The van der Waals surface area contributed by atoms with Gasteiger partial charge in [-0.05, 0) is 12.8 Å². The van der Waals surface area contributed by atoms with Crippen LogP contribution in [-0.4, -0.2) is 52.9 Å². The van der Waals surface area contributed by atoms with Crippen molar-refractivity contribution in [1.29, 1.82) is 0 Å². The van der Waals surface area contributed by atoms with E-state index in [4.69, 9.17) is 4.74 Å². The fourth-order valence-electron chi connectivity index (χ4n) is 5.73. The summed E-state index contributed by atoms with van der Waals surface area (Å²) in [5.41, 5.74) is 1.15. The summed E-state index contributed by atoms with van der Waals surface area (Å²) in [4.78, 5) is 25.0. The number of aliphatic hydroxyl groups is 2. The van der Waals surface area contributed by atoms with E-state index < -0.39 is 18.3 Å². The highest BCUT2D eigenvalue weighted by molar-refractivity contribution is 5.98. The Bertz CT molecular complexity index is 828. The summed E-state index contributed by atoms with van der Waals surface area (Å²) < 4.78 is 6.28. The number of aliphatic hydroxyl groups excluding tert-OH is 2. The zero-order chi connectivity index (χ0) is 22.1. The maximum Gasteiger partial charge on any atom is 0.227 e. The van der Waals surface area contributed by atoms with Gasteiger partial charge in [0.25, 0.3) is 0 Å². The number of hydrogen-bond acceptors (Lipinski definition) is 5. The van der Waals surface area contributed by atoms with Gasteiger partial charge < -0.3 is 20.3 Å². The predicted molar refractivity (Wildman–Crippen MR) is 117 cm³/mol. The van der Waals surface area contributed by atoms with Gasteiger partial charge in [-0.3, -0.25) is 9.59 Å². The van der Waals surface area contributed by atoms with Crippen molar-refractivity contribution in [2.75, 3.05) is 6.54 Å². The third-order valence-electron chi connectivity index (χ3n) is 7.25. The van der Waals surface area contributed by atoms with Crippen molar-refractivity contribution in [3.05, 3.63) is 48.1 Å². The van der Waals surface area contributed by atoms with Crippen molar-refractivity contribution < 1.29 is 24.5 Å². The van der Waals surface area contributed by atoms with E-state index in [9.17, 15) is 19.8 Å². The first-order valence-corrected chi connectivity index (χ1v) is 11.3. The molecule has 2 aliphatic carbocycles. The first-order valence-electron chi connectivity index (χ1n) is 11.3. The van der Waals surface area contributed by atoms with Gasteiger partial charge in [0.1, 0.15) is 5.78 Å². The van der Waals surface area contributed by atoms with Gasteiger partial charge in [-0.15, -0.1) is 0 Å². The minimum absolute atomic E-state index is 0.0234. The fourth-order valence-corrected chi connectivity index (χ4v) is 5.73. The highest BCUT2D eigenvalue weighted by atomic mass is 16.5. The van der Waals surface area contributed by atoms with Gasteiger partial charge in [-0.25, -0.2) is 0 Å². The summed E-state index contributed by atoms with van der Waals surface area (Å²) in [5, 5.41) is 24.0. The van der Waals surface area contributed by atoms with Crippen LogP contribution in [0.3, 0.4) is 0 Å². The lowest BCUT2D eigenvalue weighted by Gasteiger charge is -2.44. The van der Waals surface area contributed by atoms with E-state index >= 15 is 0 Å². The summed E-state index contributed by atoms with van der Waals surface area (Å²) in [6, 6.07) is 0. The molecule has 1 amide bonds. The van der Waals surface area contributed by atoms with Gasteiger partial charge in [-0.2, -0.15) is 0 Å². The molecular formula is C25H33NO5. The number of ether oxygens (including phenoxy) is 1. The number of Topliss-reactive ketones (excluding diaryl/α,β-unsaturated/α-hetero) is 1. The van der Waals surface area contributed by atoms with Gasteiger partial charge in [0.15, 0.2) is 0 Å². The molecule has 0 radical (unpaired) electrons. The van der Waals surface area contributed by atoms with Crippen LogP contribution in [0.2, 0.25) is 0 Å². The van der Waals surface area contributed by atoms with E-state index in [1.165, 1.54) is 0 Å². The summed E-state index contributed by atoms with van der Waals surface area (Å²) in [7, 11) is 0. The summed E-state index contributed by atoms with van der Waals surface area (Å²) in [6.45, 7) is 4.57. The zero-order valence-corrected chi connectivity index (χ0v) is 18.2. The zero-order valence-electron chi connectivity index (χ0n) is 18.2. The fraction of sp³-hybridized carbons (Fsp3) is 0.600. The molecule has 31 heavy (non-hydrogen) atoms. The first kappa shape index (κ1) is 22.2. The normalized spacial score (nSPS) is 43.4. The molecule has 4 aliphatic rings. The number of carbonyl (C=O) groups is 2. The van der Waals surface area contributed by atoms with Crippen molar-refractivity contribution in [3.8, 4) is 0 Å². The van der Waals surface area contributed by atoms with Crippen LogP contribution < -0.4 is 5.32 Å². The van der Waals surface area contributed by atoms with Crippen LogP contribution >= 0.6 is 0 Å². The van der Waals surface area contributed by atoms with Crippen molar-refractivity contribution in [3.63, 3.8) is 0 Å². The molecule has 0 aromatic heterocycles. The van der Waals surface area contributed by atoms with Gasteiger partial charge in [0.2, 0.25) is 5.91 Å². The van der Waals surface area contributed by atoms with Gasteiger partial charge in [0.05, 0.1) is 30.8 Å². The topological polar surface area (TPSA) is 95.9 Å². The molecule has 168 valence electrons. The van der Waals surface area contributed by atoms with Crippen LogP contribution in [0.15, 0.2) is 48.1 Å². The summed E-state index contributed by atoms with van der Waals surface area (Å²) in [5.74, 6) is -0.367. The molecule has 3 N–H and O–H groups in total. The molecular weight excluding hydrogens is 394 g/mol. The van der Waals surface area contributed by atoms with E-state index in [0.717, 1.165) is 5.57 Å². The maximum atomic E-state index is 12.7. The molecule has 6 heteroatoms. The van der Waals surface area contributed by atoms with E-state index in [2.05, 4.69) is 30.5 Å². The lowest BCUT2D eigenvalue weighted by Crippen LogP contribution is -2.50. The molecule has 6 nitrogen and oxygen atoms in total. The number of allylic oxidation sites excluding steroid dienone is 6. The minimum Gasteiger partial charge on any atom is -0.392 e. The smallest absolute Gasteiger partial charge is 0.227 e. The van der Waals surface area contributed by atoms with Crippen LogP contribution in [0.1, 0.15) is 33.1 Å². The SMILES string of the molecule is CC1=CC=CC=C[C@H](C)CNC(=O)CC(=O)C[C@@H]2O[C@H]3[C@@H]4[C@@H](C=C[C@H]1[C@H]42)[C@@H](O)C[C@H]3O. The van der Waals surface area contributed by atoms with Crippen LogP contribution in [0.25, 0.3) is 0 Å². The van der Waals surface area contributed by atoms with E-state index in [-0.39, 0.29) is 66.6 Å². The molecule has 0 aromatic rings. The third-order valence-corrected chi connectivity index (χ3v) is 7.25. The van der Waals surface area contributed by atoms with Crippen LogP contribution in [0.4, 0.5) is 0 Å². The first-order chi connectivity index (χ1) is 14.8. The maximum absolute atomic E-state index is 12.7. The molecule has 0 spiro atoms. The van der Waals surface area contributed by atoms with Crippen LogP contribution in [0, 0.1) is 29.6 Å². The molecule has 4 rings (SSSR count). The molecule has 0 bridgehead atoms. The summed E-state index contributed by atoms with van der Waals surface area (Å²) in [6.07, 6.45) is 12.4. The number of amides is 1. The summed E-state index contributed by atoms with van der Waals surface area (Å²) >= 11 is 0. The van der Waals surface area contributed by atoms with E-state index in [1.54, 1.807) is 0 Å². The third kappa shape index (κ3) is 4.61. The molecule has 2 fully saturated rings. The Labute approximate surface area is 183 Å². The monoisotopic (exact) mass is 427 g/mol. The minimum atomic E-state index is -0.751. The van der Waals surface area contributed by atoms with E-state index in [0.29, 0.717) is 6.54 Å². The highest BCUT2D eigenvalue weighted by Gasteiger charge is 2.58. The van der Waals surface area contributed by atoms with Crippen molar-refractivity contribution in [2.45, 2.75) is 57.5 Å². The van der Waals surface area contributed by atoms with Crippen LogP contribution in [0.5, 0.6) is 0 Å². The molecule has 0 unspecified atom stereocenters. The van der Waals surface area contributed by atoms with Crippen LogP contribution in [-0.2, 0) is 14.3 Å². The Kier molecular flexibility index (Phi) is 6.60. The van der Waals surface area contributed by atoms with Crippen molar-refractivity contribution in [1.82, 2.24) is 5.32 Å². The Morgan fingerprint density at radius 1 is 1.03 bits per heavy atom. The Hall–Kier alpha value is -2.02. The van der Waals surface area contributed by atoms with E-state index in [1.807, 2.05) is 31.2 Å². The highest BCUT2D eigenvalue weighted by Crippen LogP contribution is 2.53. The average molecular weight is 428 g/mol. The molecule has 1 saturated heterocycles. The standard InChI is InChI=1S/C25H33NO5/c1-14-6-4-3-5-7-15(2)17-8-9-18-19(28)12-20(29)25-24(18)23(17)21(31-25)10-16(27)11-22(30)26-13-14/h3-9,14,17-21,23-25,28-29H,10-13H2,1-2H3,(H,26,30)/t14-,17+,18-,19-,20+,21-,23-,24+,25+/m0/s1. The lowest BCUT2D eigenvalue weighted by atomic mass is 9.60. The number of carbonyl (C=O) groups excluding carboxylic acids is 2. The number of nitrogens with one attached hydrogen (secondary N) is 1. The Morgan fingerprint density at radius 2 is 1.84 bits per heavy atom. The van der Waals surface area contributed by atoms with Gasteiger partial charge in [0, 0.05) is 43.1 Å². The molecule has 0 aromatic carbocycles. The number of ketones is 1. The second kappa shape index (κ2) is 9.23. The quantitative estimate of drug-likeness (QED) is 0.406. The second-order valence-electron chi connectivity index (χ2n) is 9.53. The predicted octanol–water partition coefficient (Wildman–Crippen LogP) is 2.09. The Morgan fingerprint density at radius 3 is 2.65 bits per heavy atom. The lowest BCUT2D eigenvalue weighted by molar-refractivity contribution is -0.131. The van der Waals surface area contributed by atoms with Crippen molar-refractivity contribution in [2.24, 2.45) is 29.6 Å². The largest absolute Gasteiger partial charge is 0.392 e. The Balaban J connectivity index is 1.68. The van der Waals surface area contributed by atoms with Gasteiger partial charge in [-0.1, -0.05) is 55.0 Å². The van der Waals surface area contributed by atoms with Gasteiger partial charge >= 0.3 is 0 Å².